The Hall–Kier alpha value is -3.09. The van der Waals surface area contributed by atoms with Crippen LogP contribution >= 0.6 is 0 Å². The summed E-state index contributed by atoms with van der Waals surface area (Å²) >= 11 is 0. The van der Waals surface area contributed by atoms with Gasteiger partial charge in [0.15, 0.2) is 17.6 Å². The maximum atomic E-state index is 12.9. The molecule has 28 heavy (non-hydrogen) atoms. The summed E-state index contributed by atoms with van der Waals surface area (Å²) in [7, 11) is 2.82. The molecule has 7 heteroatoms. The van der Waals surface area contributed by atoms with Crippen molar-refractivity contribution < 1.29 is 28.2 Å². The van der Waals surface area contributed by atoms with Crippen LogP contribution in [0.15, 0.2) is 39.6 Å². The minimum absolute atomic E-state index is 0.0370. The summed E-state index contributed by atoms with van der Waals surface area (Å²) in [5.41, 5.74) is -0.239. The summed E-state index contributed by atoms with van der Waals surface area (Å²) in [5, 5.41) is 0.492. The summed E-state index contributed by atoms with van der Waals surface area (Å²) in [4.78, 5) is 37.1. The second kappa shape index (κ2) is 8.73. The fourth-order valence-electron chi connectivity index (χ4n) is 2.77. The Morgan fingerprint density at radius 2 is 1.86 bits per heavy atom. The summed E-state index contributed by atoms with van der Waals surface area (Å²) in [6, 6.07) is 4.39. The molecule has 1 aromatic carbocycles. The van der Waals surface area contributed by atoms with Gasteiger partial charge in [0, 0.05) is 17.9 Å². The molecule has 0 unspecified atom stereocenters. The molecule has 7 nitrogen and oxygen atoms in total. The van der Waals surface area contributed by atoms with Crippen molar-refractivity contribution in [2.24, 2.45) is 5.92 Å². The van der Waals surface area contributed by atoms with Crippen molar-refractivity contribution >= 4 is 22.7 Å². The van der Waals surface area contributed by atoms with E-state index in [-0.39, 0.29) is 34.8 Å². The number of benzene rings is 1. The van der Waals surface area contributed by atoms with Gasteiger partial charge in [-0.3, -0.25) is 9.59 Å². The first-order valence-corrected chi connectivity index (χ1v) is 8.77. The van der Waals surface area contributed by atoms with Crippen molar-refractivity contribution in [3.8, 4) is 11.5 Å². The monoisotopic (exact) mass is 388 g/mol. The highest BCUT2D eigenvalue weighted by molar-refractivity contribution is 6.02. The molecule has 2 rings (SSSR count). The zero-order valence-electron chi connectivity index (χ0n) is 16.7. The topological polar surface area (TPSA) is 92.0 Å². The number of hydrogen-bond acceptors (Lipinski definition) is 7. The number of hydrogen-bond donors (Lipinski definition) is 0. The van der Waals surface area contributed by atoms with Crippen LogP contribution in [0.4, 0.5) is 0 Å². The third kappa shape index (κ3) is 4.42. The molecule has 0 saturated carbocycles. The van der Waals surface area contributed by atoms with E-state index in [0.717, 1.165) is 0 Å². The molecule has 0 fully saturated rings. The van der Waals surface area contributed by atoms with Crippen molar-refractivity contribution in [1.82, 2.24) is 0 Å². The van der Waals surface area contributed by atoms with E-state index in [1.165, 1.54) is 33.3 Å². The molecular formula is C21H24O7. The predicted molar refractivity (Wildman–Crippen MR) is 104 cm³/mol. The van der Waals surface area contributed by atoms with Crippen LogP contribution in [0.1, 0.15) is 38.9 Å². The Morgan fingerprint density at radius 3 is 2.39 bits per heavy atom. The van der Waals surface area contributed by atoms with Crippen LogP contribution in [0.25, 0.3) is 11.0 Å². The highest BCUT2D eigenvalue weighted by atomic mass is 16.6. The smallest absolute Gasteiger partial charge is 0.336 e. The molecule has 0 radical (unpaired) electrons. The molecule has 0 aliphatic heterocycles. The zero-order chi connectivity index (χ0) is 21.0. The lowest BCUT2D eigenvalue weighted by Crippen LogP contribution is -2.22. The van der Waals surface area contributed by atoms with Gasteiger partial charge >= 0.3 is 11.6 Å². The van der Waals surface area contributed by atoms with Gasteiger partial charge in [-0.15, -0.1) is 0 Å². The Bertz CT molecular complexity index is 969. The number of esters is 1. The average molecular weight is 388 g/mol. The van der Waals surface area contributed by atoms with Gasteiger partial charge in [0.1, 0.15) is 5.58 Å². The van der Waals surface area contributed by atoms with Gasteiger partial charge in [0.2, 0.25) is 5.78 Å². The first-order chi connectivity index (χ1) is 13.2. The lowest BCUT2D eigenvalue weighted by molar-refractivity contribution is -0.155. The molecule has 0 saturated heterocycles. The van der Waals surface area contributed by atoms with E-state index in [1.54, 1.807) is 6.07 Å². The van der Waals surface area contributed by atoms with E-state index in [4.69, 9.17) is 18.6 Å². The van der Waals surface area contributed by atoms with Crippen molar-refractivity contribution in [3.63, 3.8) is 0 Å². The van der Waals surface area contributed by atoms with E-state index < -0.39 is 23.5 Å². The first-order valence-electron chi connectivity index (χ1n) is 8.77. The third-order valence-corrected chi connectivity index (χ3v) is 4.03. The van der Waals surface area contributed by atoms with Crippen LogP contribution < -0.4 is 15.1 Å². The molecule has 0 aliphatic carbocycles. The molecule has 0 amide bonds. The minimum atomic E-state index is -1.39. The van der Waals surface area contributed by atoms with Crippen LogP contribution in [-0.4, -0.2) is 26.0 Å². The largest absolute Gasteiger partial charge is 0.493 e. The molecule has 0 bridgehead atoms. The van der Waals surface area contributed by atoms with Crippen LogP contribution in [0.2, 0.25) is 0 Å². The maximum Gasteiger partial charge on any atom is 0.336 e. The van der Waals surface area contributed by atoms with Gasteiger partial charge in [0.05, 0.1) is 19.8 Å². The molecular weight excluding hydrogens is 364 g/mol. The molecule has 0 aliphatic rings. The molecule has 1 heterocycles. The van der Waals surface area contributed by atoms with Crippen LogP contribution in [-0.2, 0) is 14.3 Å². The Kier molecular flexibility index (Phi) is 6.62. The number of Topliss-reactive ketones (excluding diaryl/α,β-unsaturated/α-hetero) is 1. The van der Waals surface area contributed by atoms with E-state index in [9.17, 15) is 14.4 Å². The SMILES string of the molecule is C=C(C)C(=O)[C@H](OC(=O)CC(C)C)c1c(OC)c(OC)cc2ccc(=O)oc12. The second-order valence-corrected chi connectivity index (χ2v) is 6.81. The second-order valence-electron chi connectivity index (χ2n) is 6.81. The zero-order valence-corrected chi connectivity index (χ0v) is 16.7. The van der Waals surface area contributed by atoms with E-state index in [0.29, 0.717) is 11.1 Å². The number of fused-ring (bicyclic) bond motifs is 1. The van der Waals surface area contributed by atoms with Gasteiger partial charge < -0.3 is 18.6 Å². The van der Waals surface area contributed by atoms with Crippen LogP contribution in [0.5, 0.6) is 11.5 Å². The molecule has 2 aromatic rings. The fourth-order valence-corrected chi connectivity index (χ4v) is 2.77. The van der Waals surface area contributed by atoms with Crippen molar-refractivity contribution in [3.05, 3.63) is 46.3 Å². The molecule has 0 spiro atoms. The summed E-state index contributed by atoms with van der Waals surface area (Å²) in [6.07, 6.45) is -1.27. The molecule has 1 aromatic heterocycles. The third-order valence-electron chi connectivity index (χ3n) is 4.03. The fraction of sp³-hybridized carbons (Fsp3) is 0.381. The highest BCUT2D eigenvalue weighted by Gasteiger charge is 2.33. The number of ketones is 1. The molecule has 1 atom stereocenters. The minimum Gasteiger partial charge on any atom is -0.493 e. The van der Waals surface area contributed by atoms with Gasteiger partial charge in [-0.25, -0.2) is 4.79 Å². The van der Waals surface area contributed by atoms with Crippen LogP contribution in [0, 0.1) is 5.92 Å². The standard InChI is InChI=1S/C21H24O7/c1-11(2)9-16(23)28-21(18(24)12(3)4)17-19-13(7-8-15(22)27-19)10-14(25-5)20(17)26-6/h7-8,10-11,21H,3,9H2,1-2,4-6H3/t21-/m1/s1. The van der Waals surface area contributed by atoms with Crippen molar-refractivity contribution in [2.75, 3.05) is 14.2 Å². The van der Waals surface area contributed by atoms with E-state index >= 15 is 0 Å². The maximum absolute atomic E-state index is 12.9. The molecule has 0 N–H and O–H groups in total. The average Bonchev–Trinajstić information content (AvgIpc) is 2.63. The van der Waals surface area contributed by atoms with Crippen molar-refractivity contribution in [2.45, 2.75) is 33.3 Å². The highest BCUT2D eigenvalue weighted by Crippen LogP contribution is 2.42. The Labute approximate surface area is 162 Å². The lowest BCUT2D eigenvalue weighted by atomic mass is 9.97. The normalized spacial score (nSPS) is 11.9. The lowest BCUT2D eigenvalue weighted by Gasteiger charge is -2.22. The Balaban J connectivity index is 2.80. The number of carbonyl (C=O) groups is 2. The number of methoxy groups -OCH3 is 2. The van der Waals surface area contributed by atoms with E-state index in [1.807, 2.05) is 13.8 Å². The molecule has 150 valence electrons. The van der Waals surface area contributed by atoms with Gasteiger partial charge in [-0.1, -0.05) is 20.4 Å². The van der Waals surface area contributed by atoms with Gasteiger partial charge in [0.25, 0.3) is 0 Å². The predicted octanol–water partition coefficient (Wildman–Crippen LogP) is 3.59. The van der Waals surface area contributed by atoms with E-state index in [2.05, 4.69) is 6.58 Å². The quantitative estimate of drug-likeness (QED) is 0.388. The summed E-state index contributed by atoms with van der Waals surface area (Å²) in [5.74, 6) is -0.614. The first kappa shape index (κ1) is 21.2. The number of ether oxygens (including phenoxy) is 3. The summed E-state index contributed by atoms with van der Waals surface area (Å²) in [6.45, 7) is 8.89. The van der Waals surface area contributed by atoms with Gasteiger partial charge in [-0.05, 0) is 30.5 Å². The number of rotatable bonds is 8. The van der Waals surface area contributed by atoms with Gasteiger partial charge in [-0.2, -0.15) is 0 Å². The summed E-state index contributed by atoms with van der Waals surface area (Å²) < 4.78 is 21.6. The number of carbonyl (C=O) groups excluding carboxylic acids is 2. The van der Waals surface area contributed by atoms with Crippen LogP contribution in [0.3, 0.4) is 0 Å². The Morgan fingerprint density at radius 1 is 1.18 bits per heavy atom. The van der Waals surface area contributed by atoms with Crippen molar-refractivity contribution in [1.29, 1.82) is 0 Å².